The number of nitrogens with zero attached hydrogens (tertiary/aromatic N) is 2. The van der Waals surface area contributed by atoms with Crippen LogP contribution in [0.5, 0.6) is 17.2 Å². The summed E-state index contributed by atoms with van der Waals surface area (Å²) in [4.78, 5) is 28.4. The lowest BCUT2D eigenvalue weighted by Crippen LogP contribution is -2.55. The summed E-state index contributed by atoms with van der Waals surface area (Å²) in [6.07, 6.45) is -0.703. The second-order valence-electron chi connectivity index (χ2n) is 6.93. The number of hydrogen-bond donors (Lipinski definition) is 0. The van der Waals surface area contributed by atoms with Gasteiger partial charge in [-0.15, -0.1) is 0 Å². The highest BCUT2D eigenvalue weighted by Gasteiger charge is 2.33. The molecular weight excluding hydrogens is 459 g/mol. The van der Waals surface area contributed by atoms with E-state index in [9.17, 15) is 14.0 Å². The van der Waals surface area contributed by atoms with Crippen molar-refractivity contribution >= 4 is 27.7 Å². The molecule has 0 spiro atoms. The molecule has 1 saturated heterocycles. The van der Waals surface area contributed by atoms with Crippen LogP contribution in [0.2, 0.25) is 0 Å². The van der Waals surface area contributed by atoms with Crippen LogP contribution >= 0.6 is 15.9 Å². The van der Waals surface area contributed by atoms with Crippen LogP contribution in [-0.2, 0) is 9.59 Å². The first-order valence-electron chi connectivity index (χ1n) is 9.54. The van der Waals surface area contributed by atoms with Gasteiger partial charge in [-0.2, -0.15) is 0 Å². The van der Waals surface area contributed by atoms with Gasteiger partial charge in [0.2, 0.25) is 6.10 Å². The lowest BCUT2D eigenvalue weighted by Gasteiger charge is -2.37. The fourth-order valence-electron chi connectivity index (χ4n) is 3.34. The van der Waals surface area contributed by atoms with Crippen molar-refractivity contribution in [3.63, 3.8) is 0 Å². The van der Waals surface area contributed by atoms with Gasteiger partial charge in [0.25, 0.3) is 11.8 Å². The summed E-state index contributed by atoms with van der Waals surface area (Å²) in [5.74, 6) is 0.242. The van der Waals surface area contributed by atoms with E-state index in [1.807, 2.05) is 12.1 Å². The van der Waals surface area contributed by atoms with Gasteiger partial charge in [0.1, 0.15) is 6.61 Å². The average molecular weight is 479 g/mol. The van der Waals surface area contributed by atoms with Crippen LogP contribution in [0.15, 0.2) is 46.9 Å². The molecule has 2 aromatic rings. The second kappa shape index (κ2) is 8.91. The van der Waals surface area contributed by atoms with Crippen LogP contribution in [-0.4, -0.2) is 67.1 Å². The zero-order chi connectivity index (χ0) is 21.1. The zero-order valence-electron chi connectivity index (χ0n) is 16.1. The Kier molecular flexibility index (Phi) is 6.08. The number of hydrogen-bond acceptors (Lipinski definition) is 5. The molecule has 2 aliphatic heterocycles. The van der Waals surface area contributed by atoms with Crippen LogP contribution in [0.3, 0.4) is 0 Å². The molecule has 158 valence electrons. The van der Waals surface area contributed by atoms with Crippen molar-refractivity contribution in [2.24, 2.45) is 0 Å². The van der Waals surface area contributed by atoms with E-state index in [0.717, 1.165) is 0 Å². The van der Waals surface area contributed by atoms with Crippen LogP contribution in [0.25, 0.3) is 0 Å². The number of benzene rings is 2. The summed E-state index contributed by atoms with van der Waals surface area (Å²) >= 11 is 3.17. The van der Waals surface area contributed by atoms with Gasteiger partial charge in [-0.1, -0.05) is 28.1 Å². The molecule has 9 heteroatoms. The lowest BCUT2D eigenvalue weighted by molar-refractivity contribution is -0.146. The molecule has 0 bridgehead atoms. The van der Waals surface area contributed by atoms with E-state index < -0.39 is 11.9 Å². The van der Waals surface area contributed by atoms with Gasteiger partial charge in [-0.3, -0.25) is 9.59 Å². The molecule has 2 aliphatic rings. The molecular formula is C21H20BrFN2O5. The molecule has 0 aliphatic carbocycles. The van der Waals surface area contributed by atoms with E-state index >= 15 is 0 Å². The number of piperazine rings is 1. The van der Waals surface area contributed by atoms with Crippen LogP contribution in [0, 0.1) is 5.82 Å². The normalized spacial score (nSPS) is 18.1. The fourth-order valence-corrected chi connectivity index (χ4v) is 3.68. The summed E-state index contributed by atoms with van der Waals surface area (Å²) in [6, 6.07) is 11.6. The summed E-state index contributed by atoms with van der Waals surface area (Å²) in [7, 11) is 0. The molecule has 0 unspecified atom stereocenters. The van der Waals surface area contributed by atoms with Crippen molar-refractivity contribution in [3.8, 4) is 17.2 Å². The van der Waals surface area contributed by atoms with Gasteiger partial charge in [0.15, 0.2) is 29.7 Å². The molecule has 30 heavy (non-hydrogen) atoms. The minimum Gasteiger partial charge on any atom is -0.485 e. The molecule has 0 saturated carbocycles. The number of halogens is 2. The average Bonchev–Trinajstić information content (AvgIpc) is 2.77. The maximum Gasteiger partial charge on any atom is 0.267 e. The summed E-state index contributed by atoms with van der Waals surface area (Å²) < 4.78 is 31.1. The molecule has 1 atom stereocenters. The third-order valence-corrected chi connectivity index (χ3v) is 5.47. The van der Waals surface area contributed by atoms with E-state index in [-0.39, 0.29) is 30.8 Å². The van der Waals surface area contributed by atoms with Crippen LogP contribution < -0.4 is 14.2 Å². The molecule has 1 fully saturated rings. The highest BCUT2D eigenvalue weighted by Crippen LogP contribution is 2.31. The first kappa shape index (κ1) is 20.5. The predicted octanol–water partition coefficient (Wildman–Crippen LogP) is 2.48. The third-order valence-electron chi connectivity index (χ3n) is 4.97. The summed E-state index contributed by atoms with van der Waals surface area (Å²) in [5, 5.41) is 0. The van der Waals surface area contributed by atoms with Crippen LogP contribution in [0.1, 0.15) is 0 Å². The Morgan fingerprint density at radius 3 is 2.50 bits per heavy atom. The van der Waals surface area contributed by atoms with E-state index in [4.69, 9.17) is 14.2 Å². The quantitative estimate of drug-likeness (QED) is 0.675. The highest BCUT2D eigenvalue weighted by molar-refractivity contribution is 9.10. The number of ether oxygens (including phenoxy) is 3. The molecule has 0 radical (unpaired) electrons. The van der Waals surface area contributed by atoms with Crippen LogP contribution in [0.4, 0.5) is 4.39 Å². The maximum atomic E-state index is 13.8. The van der Waals surface area contributed by atoms with E-state index in [0.29, 0.717) is 42.2 Å². The maximum absolute atomic E-state index is 13.8. The molecule has 0 aromatic heterocycles. The number of carbonyl (C=O) groups excluding carboxylic acids is 2. The van der Waals surface area contributed by atoms with Crippen molar-refractivity contribution < 1.29 is 28.2 Å². The Labute approximate surface area is 181 Å². The SMILES string of the molecule is O=C(COc1ccc(Br)cc1F)N1CCN(C(=O)[C@H]2COc3ccccc3O2)CC1. The molecule has 7 nitrogen and oxygen atoms in total. The molecule has 2 aromatic carbocycles. The van der Waals surface area contributed by atoms with Crippen molar-refractivity contribution in [1.29, 1.82) is 0 Å². The minimum absolute atomic E-state index is 0.0232. The van der Waals surface area contributed by atoms with Crippen molar-refractivity contribution in [3.05, 3.63) is 52.8 Å². The van der Waals surface area contributed by atoms with Gasteiger partial charge in [0, 0.05) is 30.7 Å². The van der Waals surface area contributed by atoms with E-state index in [2.05, 4.69) is 15.9 Å². The van der Waals surface area contributed by atoms with Gasteiger partial charge in [-0.25, -0.2) is 4.39 Å². The Balaban J connectivity index is 1.26. The smallest absolute Gasteiger partial charge is 0.267 e. The van der Waals surface area contributed by atoms with E-state index in [1.54, 1.807) is 28.0 Å². The molecule has 0 N–H and O–H groups in total. The Bertz CT molecular complexity index is 949. The van der Waals surface area contributed by atoms with Crippen molar-refractivity contribution in [1.82, 2.24) is 9.80 Å². The number of para-hydroxylation sites is 2. The standard InChI is InChI=1S/C21H20BrFN2O5/c22-14-5-6-16(15(23)11-14)29-13-20(26)24-7-9-25(10-8-24)21(27)19-12-28-17-3-1-2-4-18(17)30-19/h1-6,11,19H,7-10,12-13H2/t19-/m1/s1. The van der Waals surface area contributed by atoms with Crippen molar-refractivity contribution in [2.45, 2.75) is 6.10 Å². The Morgan fingerprint density at radius 2 is 1.77 bits per heavy atom. The lowest BCUT2D eigenvalue weighted by atomic mass is 10.2. The first-order valence-corrected chi connectivity index (χ1v) is 10.3. The van der Waals surface area contributed by atoms with Gasteiger partial charge in [0.05, 0.1) is 0 Å². The molecule has 2 amide bonds. The number of fused-ring (bicyclic) bond motifs is 1. The van der Waals surface area contributed by atoms with Crippen molar-refractivity contribution in [2.75, 3.05) is 39.4 Å². The van der Waals surface area contributed by atoms with Gasteiger partial charge in [-0.05, 0) is 30.3 Å². The fraction of sp³-hybridized carbons (Fsp3) is 0.333. The topological polar surface area (TPSA) is 68.3 Å². The zero-order valence-corrected chi connectivity index (χ0v) is 17.6. The second-order valence-corrected chi connectivity index (χ2v) is 7.85. The van der Waals surface area contributed by atoms with E-state index in [1.165, 1.54) is 12.1 Å². The summed E-state index contributed by atoms with van der Waals surface area (Å²) in [5.41, 5.74) is 0. The monoisotopic (exact) mass is 478 g/mol. The Hall–Kier alpha value is -2.81. The third kappa shape index (κ3) is 4.51. The highest BCUT2D eigenvalue weighted by atomic mass is 79.9. The molecule has 4 rings (SSSR count). The summed E-state index contributed by atoms with van der Waals surface area (Å²) in [6.45, 7) is 1.42. The molecule has 2 heterocycles. The number of carbonyl (C=O) groups is 2. The largest absolute Gasteiger partial charge is 0.485 e. The number of rotatable bonds is 4. The number of amides is 2. The predicted molar refractivity (Wildman–Crippen MR) is 109 cm³/mol. The minimum atomic E-state index is -0.703. The van der Waals surface area contributed by atoms with Gasteiger partial charge < -0.3 is 24.0 Å². The Morgan fingerprint density at radius 1 is 1.07 bits per heavy atom. The van der Waals surface area contributed by atoms with Gasteiger partial charge >= 0.3 is 0 Å². The first-order chi connectivity index (χ1) is 14.5.